The summed E-state index contributed by atoms with van der Waals surface area (Å²) >= 11 is 0. The molecule has 0 unspecified atom stereocenters. The standard InChI is InChI=1S/C16H20FN7O2/c1-25-15-6-13(22-23-15)20-14-9-18-11-8-19-24(16(11)21-14)12(7-17)10-2-4-26-5-3-10/h6,8-10,12H,2-5,7H2,1H3,(H2,20,21,22,23)/t12-/m1/s1. The molecular weight excluding hydrogens is 341 g/mol. The summed E-state index contributed by atoms with van der Waals surface area (Å²) in [6.07, 6.45) is 4.85. The maximum Gasteiger partial charge on any atom is 0.234 e. The maximum atomic E-state index is 13.8. The number of aromatic nitrogens is 6. The smallest absolute Gasteiger partial charge is 0.234 e. The van der Waals surface area contributed by atoms with Crippen molar-refractivity contribution < 1.29 is 13.9 Å². The van der Waals surface area contributed by atoms with Crippen LogP contribution in [0.3, 0.4) is 0 Å². The van der Waals surface area contributed by atoms with Crippen LogP contribution < -0.4 is 10.1 Å². The molecule has 1 fully saturated rings. The summed E-state index contributed by atoms with van der Waals surface area (Å²) in [6.45, 7) is 0.805. The van der Waals surface area contributed by atoms with E-state index in [-0.39, 0.29) is 12.0 Å². The molecule has 2 N–H and O–H groups in total. The minimum absolute atomic E-state index is 0.173. The molecule has 1 aliphatic rings. The molecule has 3 aromatic rings. The minimum Gasteiger partial charge on any atom is -0.480 e. The van der Waals surface area contributed by atoms with Crippen molar-refractivity contribution >= 4 is 22.8 Å². The van der Waals surface area contributed by atoms with E-state index in [0.717, 1.165) is 12.8 Å². The average Bonchev–Trinajstić information content (AvgIpc) is 3.30. The molecule has 0 radical (unpaired) electrons. The van der Waals surface area contributed by atoms with Crippen molar-refractivity contribution in [2.24, 2.45) is 5.92 Å². The van der Waals surface area contributed by atoms with Gasteiger partial charge in [0.05, 0.1) is 25.5 Å². The Labute approximate surface area is 148 Å². The molecule has 0 aliphatic carbocycles. The number of hydrogen-bond donors (Lipinski definition) is 2. The molecule has 0 saturated carbocycles. The number of rotatable bonds is 6. The van der Waals surface area contributed by atoms with Crippen LogP contribution in [0.25, 0.3) is 11.2 Å². The van der Waals surface area contributed by atoms with Crippen molar-refractivity contribution in [2.45, 2.75) is 18.9 Å². The summed E-state index contributed by atoms with van der Waals surface area (Å²) in [4.78, 5) is 8.94. The number of anilines is 2. The lowest BCUT2D eigenvalue weighted by Gasteiger charge is -2.28. The van der Waals surface area contributed by atoms with E-state index in [9.17, 15) is 4.39 Å². The first-order valence-electron chi connectivity index (χ1n) is 8.49. The fraction of sp³-hybridized carbons (Fsp3) is 0.500. The highest BCUT2D eigenvalue weighted by Gasteiger charge is 2.28. The molecule has 4 heterocycles. The van der Waals surface area contributed by atoms with Crippen molar-refractivity contribution in [1.29, 1.82) is 0 Å². The fourth-order valence-electron chi connectivity index (χ4n) is 3.22. The van der Waals surface area contributed by atoms with Gasteiger partial charge in [0.15, 0.2) is 11.5 Å². The molecule has 1 saturated heterocycles. The highest BCUT2D eigenvalue weighted by atomic mass is 19.1. The minimum atomic E-state index is -0.501. The van der Waals surface area contributed by atoms with Crippen LogP contribution in [-0.4, -0.2) is 56.9 Å². The summed E-state index contributed by atoms with van der Waals surface area (Å²) in [7, 11) is 1.54. The largest absolute Gasteiger partial charge is 0.480 e. The predicted molar refractivity (Wildman–Crippen MR) is 92.3 cm³/mol. The van der Waals surface area contributed by atoms with Crippen LogP contribution in [0.15, 0.2) is 18.5 Å². The van der Waals surface area contributed by atoms with Crippen LogP contribution in [0.2, 0.25) is 0 Å². The van der Waals surface area contributed by atoms with Crippen LogP contribution >= 0.6 is 0 Å². The van der Waals surface area contributed by atoms with Crippen LogP contribution in [0.4, 0.5) is 16.0 Å². The number of nitrogens with zero attached hydrogens (tertiary/aromatic N) is 5. The lowest BCUT2D eigenvalue weighted by Crippen LogP contribution is -2.28. The van der Waals surface area contributed by atoms with E-state index in [1.165, 1.54) is 7.11 Å². The van der Waals surface area contributed by atoms with Crippen molar-refractivity contribution in [1.82, 2.24) is 29.9 Å². The number of ether oxygens (including phenoxy) is 2. The number of halogens is 1. The van der Waals surface area contributed by atoms with E-state index < -0.39 is 6.67 Å². The molecule has 10 heteroatoms. The van der Waals surface area contributed by atoms with Gasteiger partial charge in [-0.15, -0.1) is 5.10 Å². The zero-order chi connectivity index (χ0) is 17.9. The Morgan fingerprint density at radius 2 is 2.27 bits per heavy atom. The van der Waals surface area contributed by atoms with Gasteiger partial charge in [-0.25, -0.2) is 19.0 Å². The van der Waals surface area contributed by atoms with Crippen LogP contribution in [-0.2, 0) is 4.74 Å². The average molecular weight is 361 g/mol. The second-order valence-electron chi connectivity index (χ2n) is 6.17. The number of methoxy groups -OCH3 is 1. The van der Waals surface area contributed by atoms with Gasteiger partial charge in [0.1, 0.15) is 18.0 Å². The molecular formula is C16H20FN7O2. The summed E-state index contributed by atoms with van der Waals surface area (Å²) in [6, 6.07) is 1.34. The molecule has 138 valence electrons. The van der Waals surface area contributed by atoms with Gasteiger partial charge in [-0.2, -0.15) is 5.10 Å². The fourth-order valence-corrected chi connectivity index (χ4v) is 3.22. The van der Waals surface area contributed by atoms with E-state index in [1.807, 2.05) is 0 Å². The van der Waals surface area contributed by atoms with Gasteiger partial charge in [-0.05, 0) is 18.8 Å². The van der Waals surface area contributed by atoms with Crippen molar-refractivity contribution in [2.75, 3.05) is 32.3 Å². The molecule has 0 bridgehead atoms. The lowest BCUT2D eigenvalue weighted by molar-refractivity contribution is 0.0425. The predicted octanol–water partition coefficient (Wildman–Crippen LogP) is 2.24. The van der Waals surface area contributed by atoms with Gasteiger partial charge in [0.25, 0.3) is 0 Å². The number of H-pyrrole nitrogens is 1. The Morgan fingerprint density at radius 3 is 3.00 bits per heavy atom. The first-order valence-corrected chi connectivity index (χ1v) is 8.49. The molecule has 0 aromatic carbocycles. The highest BCUT2D eigenvalue weighted by molar-refractivity contribution is 5.72. The topological polar surface area (TPSA) is 103 Å². The lowest BCUT2D eigenvalue weighted by atomic mass is 9.92. The summed E-state index contributed by atoms with van der Waals surface area (Å²) in [5.41, 5.74) is 1.18. The zero-order valence-electron chi connectivity index (χ0n) is 14.4. The Hall–Kier alpha value is -2.75. The Morgan fingerprint density at radius 1 is 1.42 bits per heavy atom. The first kappa shape index (κ1) is 16.7. The third-order valence-corrected chi connectivity index (χ3v) is 4.61. The molecule has 1 atom stereocenters. The van der Waals surface area contributed by atoms with Gasteiger partial charge in [0.2, 0.25) is 5.88 Å². The third-order valence-electron chi connectivity index (χ3n) is 4.61. The maximum absolute atomic E-state index is 13.8. The van der Waals surface area contributed by atoms with E-state index >= 15 is 0 Å². The monoisotopic (exact) mass is 361 g/mol. The van der Waals surface area contributed by atoms with Crippen molar-refractivity contribution in [3.8, 4) is 5.88 Å². The third kappa shape index (κ3) is 3.19. The molecule has 0 spiro atoms. The van der Waals surface area contributed by atoms with E-state index in [2.05, 4.69) is 30.6 Å². The van der Waals surface area contributed by atoms with E-state index in [1.54, 1.807) is 23.1 Å². The number of aromatic amines is 1. The van der Waals surface area contributed by atoms with Gasteiger partial charge < -0.3 is 14.8 Å². The van der Waals surface area contributed by atoms with Crippen LogP contribution in [0.1, 0.15) is 18.9 Å². The SMILES string of the molecule is COc1cc(Nc2cnc3cnn([C@H](CF)C4CCOCC4)c3n2)[nH]n1. The Bertz CT molecular complexity index is 874. The number of nitrogens with one attached hydrogen (secondary N) is 2. The van der Waals surface area contributed by atoms with Gasteiger partial charge in [-0.3, -0.25) is 5.10 Å². The van der Waals surface area contributed by atoms with Crippen molar-refractivity contribution in [3.63, 3.8) is 0 Å². The number of hydrogen-bond acceptors (Lipinski definition) is 7. The van der Waals surface area contributed by atoms with Gasteiger partial charge in [-0.1, -0.05) is 0 Å². The highest BCUT2D eigenvalue weighted by Crippen LogP contribution is 2.30. The van der Waals surface area contributed by atoms with Crippen LogP contribution in [0, 0.1) is 5.92 Å². The molecule has 4 rings (SSSR count). The zero-order valence-corrected chi connectivity index (χ0v) is 14.4. The summed E-state index contributed by atoms with van der Waals surface area (Å²) in [5, 5.41) is 14.2. The molecule has 9 nitrogen and oxygen atoms in total. The Balaban J connectivity index is 1.63. The van der Waals surface area contributed by atoms with Crippen molar-refractivity contribution in [3.05, 3.63) is 18.5 Å². The number of alkyl halides is 1. The molecule has 3 aromatic heterocycles. The van der Waals surface area contributed by atoms with E-state index in [0.29, 0.717) is 41.9 Å². The second-order valence-corrected chi connectivity index (χ2v) is 6.17. The van der Waals surface area contributed by atoms with Gasteiger partial charge in [0, 0.05) is 19.3 Å². The Kier molecular flexibility index (Phi) is 4.65. The molecule has 1 aliphatic heterocycles. The quantitative estimate of drug-likeness (QED) is 0.694. The first-order chi connectivity index (χ1) is 12.8. The van der Waals surface area contributed by atoms with Crippen LogP contribution in [0.5, 0.6) is 5.88 Å². The summed E-state index contributed by atoms with van der Waals surface area (Å²) in [5.74, 6) is 1.76. The normalized spacial score (nSPS) is 16.7. The molecule has 0 amide bonds. The number of fused-ring (bicyclic) bond motifs is 1. The second kappa shape index (κ2) is 7.24. The van der Waals surface area contributed by atoms with E-state index in [4.69, 9.17) is 9.47 Å². The summed E-state index contributed by atoms with van der Waals surface area (Å²) < 4.78 is 25.9. The molecule has 26 heavy (non-hydrogen) atoms. The van der Waals surface area contributed by atoms with Gasteiger partial charge >= 0.3 is 0 Å².